The predicted molar refractivity (Wildman–Crippen MR) is 121 cm³/mol. The van der Waals surface area contributed by atoms with Gasteiger partial charge in [-0.05, 0) is 67.6 Å². The Bertz CT molecular complexity index is 555. The summed E-state index contributed by atoms with van der Waals surface area (Å²) in [6.45, 7) is 13.7. The molecule has 31 heavy (non-hydrogen) atoms. The van der Waals surface area contributed by atoms with Crippen molar-refractivity contribution in [2.24, 2.45) is 34.5 Å². The Morgan fingerprint density at radius 3 is 1.42 bits per heavy atom. The van der Waals surface area contributed by atoms with Gasteiger partial charge in [0.15, 0.2) is 0 Å². The second-order valence-electron chi connectivity index (χ2n) is 11.7. The smallest absolute Gasteiger partial charge is 0.223 e. The molecule has 2 aliphatic heterocycles. The van der Waals surface area contributed by atoms with Gasteiger partial charge < -0.3 is 20.1 Å². The van der Waals surface area contributed by atoms with Gasteiger partial charge in [-0.15, -0.1) is 0 Å². The number of carbonyl (C=O) groups is 2. The van der Waals surface area contributed by atoms with Crippen molar-refractivity contribution in [1.82, 2.24) is 10.6 Å². The number of carbonyl (C=O) groups excluding carboxylic acids is 2. The molecule has 0 radical (unpaired) electrons. The summed E-state index contributed by atoms with van der Waals surface area (Å²) >= 11 is 0. The quantitative estimate of drug-likeness (QED) is 0.549. The SMILES string of the molecule is CC(C)(CNC(=O)C1CC1C(=O)NCC(C)(C)CC1CCOCC1)CC1CCOCC1. The maximum Gasteiger partial charge on any atom is 0.223 e. The molecule has 2 saturated heterocycles. The third-order valence-corrected chi connectivity index (χ3v) is 7.31. The van der Waals surface area contributed by atoms with Crippen LogP contribution in [0.3, 0.4) is 0 Å². The van der Waals surface area contributed by atoms with E-state index >= 15 is 0 Å². The molecule has 0 aromatic carbocycles. The van der Waals surface area contributed by atoms with E-state index in [1.807, 2.05) is 0 Å². The first-order valence-corrected chi connectivity index (χ1v) is 12.4. The van der Waals surface area contributed by atoms with Crippen LogP contribution in [0.25, 0.3) is 0 Å². The fraction of sp³-hybridized carbons (Fsp3) is 0.920. The van der Waals surface area contributed by atoms with Crippen LogP contribution < -0.4 is 10.6 Å². The molecule has 2 N–H and O–H groups in total. The van der Waals surface area contributed by atoms with Crippen molar-refractivity contribution in [3.63, 3.8) is 0 Å². The first-order valence-electron chi connectivity index (χ1n) is 12.4. The normalized spacial score (nSPS) is 25.8. The third kappa shape index (κ3) is 8.05. The largest absolute Gasteiger partial charge is 0.381 e. The summed E-state index contributed by atoms with van der Waals surface area (Å²) in [7, 11) is 0. The summed E-state index contributed by atoms with van der Waals surface area (Å²) in [4.78, 5) is 25.2. The van der Waals surface area contributed by atoms with Gasteiger partial charge in [0.1, 0.15) is 0 Å². The summed E-state index contributed by atoms with van der Waals surface area (Å²) in [6.07, 6.45) is 7.36. The molecule has 6 heteroatoms. The molecule has 2 heterocycles. The Morgan fingerprint density at radius 1 is 0.710 bits per heavy atom. The average Bonchev–Trinajstić information content (AvgIpc) is 3.52. The van der Waals surface area contributed by atoms with Gasteiger partial charge in [-0.3, -0.25) is 9.59 Å². The van der Waals surface area contributed by atoms with E-state index in [2.05, 4.69) is 38.3 Å². The predicted octanol–water partition coefficient (Wildman–Crippen LogP) is 3.54. The Morgan fingerprint density at radius 2 is 1.06 bits per heavy atom. The van der Waals surface area contributed by atoms with E-state index < -0.39 is 0 Å². The van der Waals surface area contributed by atoms with Crippen LogP contribution >= 0.6 is 0 Å². The Hall–Kier alpha value is -1.14. The molecule has 2 amide bonds. The third-order valence-electron chi connectivity index (χ3n) is 7.31. The molecule has 3 fully saturated rings. The molecule has 0 bridgehead atoms. The summed E-state index contributed by atoms with van der Waals surface area (Å²) in [5.74, 6) is 1.15. The highest BCUT2D eigenvalue weighted by molar-refractivity contribution is 5.92. The lowest BCUT2D eigenvalue weighted by molar-refractivity contribution is -0.127. The molecular formula is C25H44N2O4. The lowest BCUT2D eigenvalue weighted by Gasteiger charge is -2.32. The van der Waals surface area contributed by atoms with Crippen LogP contribution in [0.4, 0.5) is 0 Å². The maximum atomic E-state index is 12.6. The molecule has 3 rings (SSSR count). The van der Waals surface area contributed by atoms with Crippen LogP contribution in [0.1, 0.15) is 72.6 Å². The summed E-state index contributed by atoms with van der Waals surface area (Å²) < 4.78 is 10.9. The molecule has 0 spiro atoms. The number of hydrogen-bond donors (Lipinski definition) is 2. The van der Waals surface area contributed by atoms with Crippen molar-refractivity contribution in [3.8, 4) is 0 Å². The lowest BCUT2D eigenvalue weighted by atomic mass is 9.79. The van der Waals surface area contributed by atoms with Gasteiger partial charge in [-0.25, -0.2) is 0 Å². The van der Waals surface area contributed by atoms with E-state index in [4.69, 9.17) is 9.47 Å². The van der Waals surface area contributed by atoms with E-state index in [9.17, 15) is 9.59 Å². The highest BCUT2D eigenvalue weighted by Crippen LogP contribution is 2.39. The molecule has 6 nitrogen and oxygen atoms in total. The topological polar surface area (TPSA) is 76.7 Å². The summed E-state index contributed by atoms with van der Waals surface area (Å²) in [6, 6.07) is 0. The van der Waals surface area contributed by atoms with Gasteiger partial charge in [0.2, 0.25) is 11.8 Å². The average molecular weight is 437 g/mol. The zero-order valence-electron chi connectivity index (χ0n) is 20.1. The monoisotopic (exact) mass is 436 g/mol. The van der Waals surface area contributed by atoms with Gasteiger partial charge >= 0.3 is 0 Å². The van der Waals surface area contributed by atoms with E-state index in [-0.39, 0.29) is 34.5 Å². The van der Waals surface area contributed by atoms with Crippen LogP contribution in [0.2, 0.25) is 0 Å². The van der Waals surface area contributed by atoms with E-state index in [1.54, 1.807) is 0 Å². The van der Waals surface area contributed by atoms with Gasteiger partial charge in [-0.1, -0.05) is 27.7 Å². The fourth-order valence-electron chi connectivity index (χ4n) is 5.30. The molecule has 0 aromatic heterocycles. The van der Waals surface area contributed by atoms with E-state index in [0.717, 1.165) is 65.0 Å². The summed E-state index contributed by atoms with van der Waals surface area (Å²) in [5, 5.41) is 6.25. The highest BCUT2D eigenvalue weighted by Gasteiger charge is 2.48. The van der Waals surface area contributed by atoms with Gasteiger partial charge in [-0.2, -0.15) is 0 Å². The number of amides is 2. The van der Waals surface area contributed by atoms with Gasteiger partial charge in [0, 0.05) is 39.5 Å². The zero-order chi connectivity index (χ0) is 22.5. The molecule has 0 aromatic rings. The molecule has 2 unspecified atom stereocenters. The first-order chi connectivity index (χ1) is 14.7. The molecule has 1 aliphatic carbocycles. The molecular weight excluding hydrogens is 392 g/mol. The Labute approximate surface area is 188 Å². The lowest BCUT2D eigenvalue weighted by Crippen LogP contribution is -2.39. The van der Waals surface area contributed by atoms with E-state index in [0.29, 0.717) is 31.3 Å². The number of ether oxygens (including phenoxy) is 2. The van der Waals surface area contributed by atoms with Crippen LogP contribution in [0.5, 0.6) is 0 Å². The molecule has 3 aliphatic rings. The Balaban J connectivity index is 1.34. The zero-order valence-corrected chi connectivity index (χ0v) is 20.1. The highest BCUT2D eigenvalue weighted by atomic mass is 16.5. The Kier molecular flexibility index (Phi) is 8.42. The number of nitrogens with one attached hydrogen (secondary N) is 2. The molecule has 178 valence electrons. The number of rotatable bonds is 10. The van der Waals surface area contributed by atoms with Crippen LogP contribution in [0.15, 0.2) is 0 Å². The second kappa shape index (κ2) is 10.7. The van der Waals surface area contributed by atoms with Crippen molar-refractivity contribution in [2.45, 2.75) is 72.6 Å². The summed E-state index contributed by atoms with van der Waals surface area (Å²) in [5.41, 5.74) is 0.136. The minimum Gasteiger partial charge on any atom is -0.381 e. The van der Waals surface area contributed by atoms with Crippen LogP contribution in [-0.4, -0.2) is 51.3 Å². The second-order valence-corrected chi connectivity index (χ2v) is 11.7. The molecule has 1 saturated carbocycles. The first kappa shape index (κ1) is 24.5. The van der Waals surface area contributed by atoms with Crippen molar-refractivity contribution < 1.29 is 19.1 Å². The standard InChI is InChI=1S/C25H44N2O4/c1-24(2,14-18-5-9-30-10-6-18)16-26-22(28)20-13-21(20)23(29)27-17-25(3,4)15-19-7-11-31-12-8-19/h18-21H,5-17H2,1-4H3,(H,26,28)(H,27,29). The van der Waals surface area contributed by atoms with Gasteiger partial charge in [0.05, 0.1) is 11.8 Å². The molecule has 2 atom stereocenters. The van der Waals surface area contributed by atoms with Gasteiger partial charge in [0.25, 0.3) is 0 Å². The van der Waals surface area contributed by atoms with Crippen molar-refractivity contribution in [2.75, 3.05) is 39.5 Å². The minimum atomic E-state index is -0.155. The van der Waals surface area contributed by atoms with Crippen LogP contribution in [0, 0.1) is 34.5 Å². The minimum absolute atomic E-state index is 0.0432. The maximum absolute atomic E-state index is 12.6. The fourth-order valence-corrected chi connectivity index (χ4v) is 5.30. The number of hydrogen-bond acceptors (Lipinski definition) is 4. The van der Waals surface area contributed by atoms with Crippen LogP contribution in [-0.2, 0) is 19.1 Å². The van der Waals surface area contributed by atoms with Crippen molar-refractivity contribution in [3.05, 3.63) is 0 Å². The van der Waals surface area contributed by atoms with E-state index in [1.165, 1.54) is 0 Å². The van der Waals surface area contributed by atoms with Crippen molar-refractivity contribution >= 4 is 11.8 Å². The van der Waals surface area contributed by atoms with Crippen molar-refractivity contribution in [1.29, 1.82) is 0 Å².